The van der Waals surface area contributed by atoms with E-state index in [-0.39, 0.29) is 23.5 Å². The molecule has 0 aliphatic rings. The molecule has 0 amide bonds. The van der Waals surface area contributed by atoms with Gasteiger partial charge in [-0.2, -0.15) is 0 Å². The van der Waals surface area contributed by atoms with E-state index >= 15 is 0 Å². The van der Waals surface area contributed by atoms with Gasteiger partial charge in [-0.1, -0.05) is 121 Å². The zero-order valence-corrected chi connectivity index (χ0v) is 27.5. The van der Waals surface area contributed by atoms with Gasteiger partial charge in [-0.15, -0.1) is 11.3 Å². The second kappa shape index (κ2) is 10.9. The Labute approximate surface area is 302 Å². The standard InChI is InChI=1S/C45H26N4OS/c1-2-12-27(13-3-1)43-46-44(48-45(47-43)34-18-11-23-39-41(34)33-16-6-9-22-38(33)50-39)28-24-25-31-32-17-10-21-37(42(32)51-40(31)26-28)49-35-19-7-4-14-29(35)30-15-5-8-20-36(30)49/h1-26H/i1D,2D,3D,12D,13D. The first-order valence-electron chi connectivity index (χ1n) is 19.0. The molecule has 0 radical (unpaired) electrons. The van der Waals surface area contributed by atoms with Gasteiger partial charge < -0.3 is 8.98 Å². The molecule has 0 spiro atoms. The maximum absolute atomic E-state index is 8.80. The van der Waals surface area contributed by atoms with Crippen LogP contribution in [0.4, 0.5) is 0 Å². The number of nitrogens with zero attached hydrogens (tertiary/aromatic N) is 4. The van der Waals surface area contributed by atoms with Crippen LogP contribution in [0.3, 0.4) is 0 Å². The predicted molar refractivity (Wildman–Crippen MR) is 211 cm³/mol. The predicted octanol–water partition coefficient (Wildman–Crippen LogP) is 12.2. The summed E-state index contributed by atoms with van der Waals surface area (Å²) in [4.78, 5) is 14.7. The van der Waals surface area contributed by atoms with Crippen molar-refractivity contribution in [1.29, 1.82) is 0 Å². The first-order chi connectivity index (χ1) is 27.4. The third-order valence-corrected chi connectivity index (χ3v) is 10.8. The molecule has 0 saturated carbocycles. The van der Waals surface area contributed by atoms with Crippen LogP contribution in [0.25, 0.3) is 104 Å². The van der Waals surface area contributed by atoms with E-state index < -0.39 is 18.1 Å². The minimum absolute atomic E-state index is 0.0168. The van der Waals surface area contributed by atoms with Crippen molar-refractivity contribution >= 4 is 75.3 Å². The van der Waals surface area contributed by atoms with E-state index in [9.17, 15) is 0 Å². The zero-order chi connectivity index (χ0) is 37.8. The second-order valence-electron chi connectivity index (χ2n) is 12.4. The molecule has 7 aromatic carbocycles. The van der Waals surface area contributed by atoms with Crippen LogP contribution in [0.2, 0.25) is 0 Å². The Morgan fingerprint density at radius 2 is 1.18 bits per heavy atom. The molecule has 0 fully saturated rings. The summed E-state index contributed by atoms with van der Waals surface area (Å²) in [6, 6.07) is 40.7. The van der Waals surface area contributed by atoms with E-state index in [0.29, 0.717) is 33.9 Å². The fourth-order valence-corrected chi connectivity index (χ4v) is 8.59. The van der Waals surface area contributed by atoms with Gasteiger partial charge in [0.2, 0.25) is 0 Å². The highest BCUT2D eigenvalue weighted by Crippen LogP contribution is 2.42. The zero-order valence-electron chi connectivity index (χ0n) is 31.7. The number of aromatic nitrogens is 4. The fraction of sp³-hybridized carbons (Fsp3) is 0. The highest BCUT2D eigenvalue weighted by Gasteiger charge is 2.20. The van der Waals surface area contributed by atoms with Gasteiger partial charge in [0.05, 0.1) is 28.3 Å². The van der Waals surface area contributed by atoms with Crippen LogP contribution in [0.1, 0.15) is 6.85 Å². The molecule has 0 bridgehead atoms. The van der Waals surface area contributed by atoms with Crippen molar-refractivity contribution in [2.24, 2.45) is 0 Å². The number of thiophene rings is 1. The summed E-state index contributed by atoms with van der Waals surface area (Å²) in [6.07, 6.45) is 0. The molecule has 0 aliphatic carbocycles. The first kappa shape index (κ1) is 23.7. The molecular weight excluding hydrogens is 645 g/mol. The third kappa shape index (κ3) is 4.30. The molecule has 0 unspecified atom stereocenters. The molecule has 238 valence electrons. The van der Waals surface area contributed by atoms with Crippen LogP contribution in [0.15, 0.2) is 162 Å². The Balaban J connectivity index is 1.15. The summed E-state index contributed by atoms with van der Waals surface area (Å²) >= 11 is 1.69. The van der Waals surface area contributed by atoms with Gasteiger partial charge in [0.1, 0.15) is 11.2 Å². The highest BCUT2D eigenvalue weighted by molar-refractivity contribution is 7.26. The number of fused-ring (bicyclic) bond motifs is 9. The van der Waals surface area contributed by atoms with Crippen molar-refractivity contribution in [2.45, 2.75) is 0 Å². The summed E-state index contributed by atoms with van der Waals surface area (Å²) in [5.41, 5.74) is 6.01. The topological polar surface area (TPSA) is 56.7 Å². The van der Waals surface area contributed by atoms with Gasteiger partial charge >= 0.3 is 0 Å². The number of benzene rings is 7. The van der Waals surface area contributed by atoms with E-state index in [1.54, 1.807) is 11.3 Å². The van der Waals surface area contributed by atoms with Crippen LogP contribution in [-0.4, -0.2) is 19.5 Å². The molecule has 0 saturated heterocycles. The highest BCUT2D eigenvalue weighted by atomic mass is 32.1. The average molecular weight is 676 g/mol. The summed E-state index contributed by atoms with van der Waals surface area (Å²) in [7, 11) is 0. The van der Waals surface area contributed by atoms with E-state index in [0.717, 1.165) is 47.7 Å². The minimum atomic E-state index is -0.483. The van der Waals surface area contributed by atoms with Crippen molar-refractivity contribution in [3.8, 4) is 39.9 Å². The van der Waals surface area contributed by atoms with E-state index in [2.05, 4.69) is 83.4 Å². The number of rotatable bonds is 4. The van der Waals surface area contributed by atoms with Crippen LogP contribution in [0, 0.1) is 0 Å². The molecule has 0 atom stereocenters. The van der Waals surface area contributed by atoms with Crippen molar-refractivity contribution in [1.82, 2.24) is 19.5 Å². The van der Waals surface area contributed by atoms with Gasteiger partial charge in [-0.25, -0.2) is 15.0 Å². The van der Waals surface area contributed by atoms with Gasteiger partial charge in [0, 0.05) is 53.7 Å². The Morgan fingerprint density at radius 1 is 0.529 bits per heavy atom. The summed E-state index contributed by atoms with van der Waals surface area (Å²) in [5, 5.41) is 6.31. The molecule has 0 aliphatic heterocycles. The minimum Gasteiger partial charge on any atom is -0.456 e. The lowest BCUT2D eigenvalue weighted by Crippen LogP contribution is -2.00. The van der Waals surface area contributed by atoms with E-state index in [1.807, 2.05) is 48.5 Å². The Bertz CT molecular complexity index is 3380. The quantitative estimate of drug-likeness (QED) is 0.186. The SMILES string of the molecule is [2H]c1c([2H])c([2H])c(-c2nc(-c3ccc4c(c3)sc3c(-n5c6ccccc6c6ccccc65)cccc34)nc(-c3cccc4oc5ccccc5c34)n2)c([2H])c1[2H]. The normalized spacial score (nSPS) is 13.3. The monoisotopic (exact) mass is 675 g/mol. The average Bonchev–Trinajstić information content (AvgIpc) is 3.91. The molecular formula is C45H26N4OS. The van der Waals surface area contributed by atoms with Crippen molar-refractivity contribution in [3.63, 3.8) is 0 Å². The second-order valence-corrected chi connectivity index (χ2v) is 13.5. The molecule has 11 rings (SSSR count). The molecule has 4 aromatic heterocycles. The van der Waals surface area contributed by atoms with Gasteiger partial charge in [-0.3, -0.25) is 0 Å². The lowest BCUT2D eigenvalue weighted by atomic mass is 10.1. The fourth-order valence-electron chi connectivity index (χ4n) is 7.34. The number of hydrogen-bond acceptors (Lipinski definition) is 5. The van der Waals surface area contributed by atoms with Crippen molar-refractivity contribution in [3.05, 3.63) is 158 Å². The van der Waals surface area contributed by atoms with E-state index in [1.165, 1.54) is 10.8 Å². The summed E-state index contributed by atoms with van der Waals surface area (Å²) < 4.78 is 53.3. The molecule has 6 heteroatoms. The van der Waals surface area contributed by atoms with E-state index in [4.69, 9.17) is 26.2 Å². The van der Waals surface area contributed by atoms with Gasteiger partial charge in [0.25, 0.3) is 0 Å². The molecule has 0 N–H and O–H groups in total. The number of para-hydroxylation sites is 3. The summed E-state index contributed by atoms with van der Waals surface area (Å²) in [6.45, 7) is 0. The number of furan rings is 1. The lowest BCUT2D eigenvalue weighted by Gasteiger charge is -2.09. The van der Waals surface area contributed by atoms with Crippen LogP contribution < -0.4 is 0 Å². The Morgan fingerprint density at radius 3 is 1.98 bits per heavy atom. The first-order valence-corrected chi connectivity index (χ1v) is 17.4. The molecule has 4 heterocycles. The molecule has 51 heavy (non-hydrogen) atoms. The molecule has 5 nitrogen and oxygen atoms in total. The summed E-state index contributed by atoms with van der Waals surface area (Å²) in [5.74, 6) is 0.583. The Kier molecular flexibility index (Phi) is 5.08. The van der Waals surface area contributed by atoms with Gasteiger partial charge in [0.15, 0.2) is 17.5 Å². The molecule has 11 aromatic rings. The smallest absolute Gasteiger partial charge is 0.164 e. The van der Waals surface area contributed by atoms with Crippen molar-refractivity contribution in [2.75, 3.05) is 0 Å². The Hall–Kier alpha value is -6.63. The lowest BCUT2D eigenvalue weighted by molar-refractivity contribution is 0.669. The number of hydrogen-bond donors (Lipinski definition) is 0. The maximum atomic E-state index is 8.80. The largest absolute Gasteiger partial charge is 0.456 e. The van der Waals surface area contributed by atoms with Crippen molar-refractivity contribution < 1.29 is 11.3 Å². The van der Waals surface area contributed by atoms with Crippen LogP contribution in [-0.2, 0) is 0 Å². The van der Waals surface area contributed by atoms with Gasteiger partial charge in [-0.05, 0) is 36.4 Å². The van der Waals surface area contributed by atoms with Crippen LogP contribution >= 0.6 is 11.3 Å². The maximum Gasteiger partial charge on any atom is 0.164 e. The third-order valence-electron chi connectivity index (χ3n) is 9.56. The van der Waals surface area contributed by atoms with Crippen LogP contribution in [0.5, 0.6) is 0 Å².